The van der Waals surface area contributed by atoms with Gasteiger partial charge in [0.05, 0.1) is 13.2 Å². The molecule has 0 aromatic carbocycles. The second-order valence-corrected chi connectivity index (χ2v) is 6.28. The highest BCUT2D eigenvalue weighted by molar-refractivity contribution is 7.51. The van der Waals surface area contributed by atoms with E-state index in [1.54, 1.807) is 0 Å². The van der Waals surface area contributed by atoms with E-state index in [9.17, 15) is 4.57 Å². The minimum atomic E-state index is -3.54. The number of rotatable bonds is 6. The first-order chi connectivity index (χ1) is 7.65. The van der Waals surface area contributed by atoms with Gasteiger partial charge in [-0.15, -0.1) is 0 Å². The minimum Gasteiger partial charge on any atom is -0.332 e. The summed E-state index contributed by atoms with van der Waals surface area (Å²) in [6, 6.07) is 0. The second kappa shape index (κ2) is 6.82. The van der Waals surface area contributed by atoms with E-state index in [1.165, 1.54) is 20.3 Å². The third-order valence-electron chi connectivity index (χ3n) is 1.82. The normalized spacial score (nSPS) is 20.6. The van der Waals surface area contributed by atoms with Crippen molar-refractivity contribution in [1.29, 1.82) is 0 Å². The number of phosphoric acid groups is 1. The summed E-state index contributed by atoms with van der Waals surface area (Å²) in [7, 11) is -2.32. The van der Waals surface area contributed by atoms with Crippen molar-refractivity contribution in [3.63, 3.8) is 0 Å². The Labute approximate surface area is 96.4 Å². The summed E-state index contributed by atoms with van der Waals surface area (Å²) in [5, 5.41) is 0. The minimum absolute atomic E-state index is 0.601. The van der Waals surface area contributed by atoms with E-state index >= 15 is 0 Å². The molecule has 1 aliphatic rings. The van der Waals surface area contributed by atoms with E-state index in [0.29, 0.717) is 13.2 Å². The van der Waals surface area contributed by atoms with Crippen LogP contribution in [0.3, 0.4) is 0 Å². The van der Waals surface area contributed by atoms with Crippen LogP contribution in [0.25, 0.3) is 0 Å². The predicted molar refractivity (Wildman–Crippen MR) is 60.1 cm³/mol. The van der Waals surface area contributed by atoms with E-state index < -0.39 is 22.0 Å². The summed E-state index contributed by atoms with van der Waals surface area (Å²) < 4.78 is 37.0. The molecular formula is C8H16O6P2. The molecule has 0 radical (unpaired) electrons. The fourth-order valence-corrected chi connectivity index (χ4v) is 3.50. The number of hydrogen-bond donors (Lipinski definition) is 0. The molecule has 0 amide bonds. The highest BCUT2D eigenvalue weighted by Crippen LogP contribution is 2.57. The fourth-order valence-electron chi connectivity index (χ4n) is 1.01. The Hall–Kier alpha value is 0.200. The molecule has 6 nitrogen and oxygen atoms in total. The van der Waals surface area contributed by atoms with Crippen LogP contribution in [0.2, 0.25) is 0 Å². The van der Waals surface area contributed by atoms with Crippen molar-refractivity contribution in [2.45, 2.75) is 12.3 Å². The van der Waals surface area contributed by atoms with Gasteiger partial charge in [0.2, 0.25) is 8.38 Å². The highest BCUT2D eigenvalue weighted by Gasteiger charge is 2.34. The first-order valence-electron chi connectivity index (χ1n) is 4.72. The Bertz CT molecular complexity index is 257. The molecule has 0 bridgehead atoms. The van der Waals surface area contributed by atoms with Crippen molar-refractivity contribution in [2.75, 3.05) is 27.4 Å². The predicted octanol–water partition coefficient (Wildman–Crippen LogP) is 2.66. The topological polar surface area (TPSA) is 63.2 Å². The van der Waals surface area contributed by atoms with E-state index in [-0.39, 0.29) is 0 Å². The molecule has 1 saturated heterocycles. The van der Waals surface area contributed by atoms with Crippen LogP contribution in [0.15, 0.2) is 12.7 Å². The van der Waals surface area contributed by atoms with Gasteiger partial charge in [-0.25, -0.2) is 4.57 Å². The van der Waals surface area contributed by atoms with Crippen molar-refractivity contribution < 1.29 is 27.2 Å². The largest absolute Gasteiger partial charge is 0.475 e. The Balaban J connectivity index is 2.59. The van der Waals surface area contributed by atoms with Crippen LogP contribution < -0.4 is 0 Å². The molecule has 1 rings (SSSR count). The Kier molecular flexibility index (Phi) is 6.08. The molecule has 1 unspecified atom stereocenters. The van der Waals surface area contributed by atoms with Gasteiger partial charge in [-0.1, -0.05) is 12.7 Å². The van der Waals surface area contributed by atoms with E-state index in [0.717, 1.165) is 6.42 Å². The molecule has 0 N–H and O–H groups in total. The van der Waals surface area contributed by atoms with Gasteiger partial charge in [0.15, 0.2) is 5.85 Å². The maximum atomic E-state index is 11.7. The van der Waals surface area contributed by atoms with Gasteiger partial charge in [-0.05, 0) is 6.42 Å². The molecular weight excluding hydrogens is 254 g/mol. The molecule has 1 heterocycles. The summed E-state index contributed by atoms with van der Waals surface area (Å²) in [5.74, 6) is -0.624. The maximum Gasteiger partial charge on any atom is 0.475 e. The van der Waals surface area contributed by atoms with Crippen molar-refractivity contribution >= 4 is 16.2 Å². The van der Waals surface area contributed by atoms with Crippen molar-refractivity contribution in [3.05, 3.63) is 12.7 Å². The summed E-state index contributed by atoms with van der Waals surface area (Å²) in [5.41, 5.74) is 0. The lowest BCUT2D eigenvalue weighted by Crippen LogP contribution is -2.15. The van der Waals surface area contributed by atoms with Crippen LogP contribution >= 0.6 is 16.2 Å². The summed E-state index contributed by atoms with van der Waals surface area (Å²) >= 11 is 0. The van der Waals surface area contributed by atoms with Crippen LogP contribution in [0.1, 0.15) is 6.42 Å². The van der Waals surface area contributed by atoms with Gasteiger partial charge >= 0.3 is 7.82 Å². The van der Waals surface area contributed by atoms with Gasteiger partial charge in [0.25, 0.3) is 0 Å². The highest BCUT2D eigenvalue weighted by atomic mass is 31.2. The van der Waals surface area contributed by atoms with E-state index in [1.807, 2.05) is 0 Å². The Morgan fingerprint density at radius 2 is 1.94 bits per heavy atom. The van der Waals surface area contributed by atoms with Crippen molar-refractivity contribution in [2.24, 2.45) is 0 Å². The zero-order chi connectivity index (χ0) is 12.0. The smallest absolute Gasteiger partial charge is 0.332 e. The molecule has 0 aliphatic carbocycles. The molecule has 1 aliphatic heterocycles. The fraction of sp³-hybridized carbons (Fsp3) is 0.750. The zero-order valence-electron chi connectivity index (χ0n) is 9.33. The first kappa shape index (κ1) is 14.3. The van der Waals surface area contributed by atoms with E-state index in [2.05, 4.69) is 15.6 Å². The van der Waals surface area contributed by atoms with E-state index in [4.69, 9.17) is 13.6 Å². The van der Waals surface area contributed by atoms with Gasteiger partial charge in [0.1, 0.15) is 0 Å². The van der Waals surface area contributed by atoms with Gasteiger partial charge in [0, 0.05) is 14.2 Å². The first-order valence-corrected chi connectivity index (χ1v) is 7.43. The molecule has 0 saturated carbocycles. The molecule has 1 atom stereocenters. The second-order valence-electron chi connectivity index (χ2n) is 2.85. The molecule has 0 aromatic rings. The summed E-state index contributed by atoms with van der Waals surface area (Å²) in [6.07, 6.45) is 2.32. The van der Waals surface area contributed by atoms with Crippen molar-refractivity contribution in [1.82, 2.24) is 0 Å². The van der Waals surface area contributed by atoms with Gasteiger partial charge in [-0.2, -0.15) is 0 Å². The van der Waals surface area contributed by atoms with Crippen LogP contribution in [-0.4, -0.2) is 33.3 Å². The summed E-state index contributed by atoms with van der Waals surface area (Å²) in [6.45, 7) is 4.79. The average Bonchev–Trinajstić information content (AvgIpc) is 2.36. The molecule has 16 heavy (non-hydrogen) atoms. The van der Waals surface area contributed by atoms with Crippen LogP contribution in [0.4, 0.5) is 0 Å². The number of hydrogen-bond acceptors (Lipinski definition) is 6. The maximum absolute atomic E-state index is 11.7. The van der Waals surface area contributed by atoms with Crippen LogP contribution in [0.5, 0.6) is 0 Å². The lowest BCUT2D eigenvalue weighted by Gasteiger charge is -2.28. The molecule has 94 valence electrons. The third-order valence-corrected chi connectivity index (χ3v) is 4.97. The summed E-state index contributed by atoms with van der Waals surface area (Å²) in [4.78, 5) is 0. The average molecular weight is 270 g/mol. The van der Waals surface area contributed by atoms with Crippen molar-refractivity contribution in [3.8, 4) is 0 Å². The Morgan fingerprint density at radius 3 is 2.38 bits per heavy atom. The third kappa shape index (κ3) is 3.90. The van der Waals surface area contributed by atoms with Crippen LogP contribution in [-0.2, 0) is 27.2 Å². The lowest BCUT2D eigenvalue weighted by molar-refractivity contribution is 0.121. The lowest BCUT2D eigenvalue weighted by atomic mass is 10.5. The number of phosphoric ester groups is 1. The van der Waals surface area contributed by atoms with Gasteiger partial charge in [-0.3, -0.25) is 13.6 Å². The van der Waals surface area contributed by atoms with Crippen LogP contribution in [0, 0.1) is 0 Å². The quantitative estimate of drug-likeness (QED) is 0.546. The van der Waals surface area contributed by atoms with Gasteiger partial charge < -0.3 is 9.05 Å². The Morgan fingerprint density at radius 1 is 1.38 bits per heavy atom. The molecule has 1 fully saturated rings. The monoisotopic (exact) mass is 270 g/mol. The zero-order valence-corrected chi connectivity index (χ0v) is 11.1. The molecule has 0 aromatic heterocycles. The standard InChI is InChI=1S/C8H16O6P2/c1-4-8(14-16(9,10-2)11-3)15-12-6-5-7-13-15/h4,8H,1,5-7H2,2-3H3. The molecule has 0 spiro atoms. The molecule has 8 heteroatoms. The SMILES string of the molecule is C=CC(OP(=O)(OC)OC)P1OCCCO1.